The summed E-state index contributed by atoms with van der Waals surface area (Å²) in [5.74, 6) is -1.07. The number of phosphoric acid groups is 1. The summed E-state index contributed by atoms with van der Waals surface area (Å²) >= 11 is 0. The Kier molecular flexibility index (Phi) is 45.7. The standard InChI is InChI=1S/C56H112NO8P/c1-8-12-16-20-24-28-30-34-37-41-45-52(44-40-36-32-26-22-18-14-10-3)55(58)62-50-54(51-64-66(60,61)63-49-48-57(5,6)7)65-56(59)53(46-42-38-33-27-23-19-15-11-4)47-43-39-35-31-29-25-21-17-13-9-2/h52-54H,8-51H2,1-7H3/p+1/t52?,53?,54-/m1/s1. The van der Waals surface area contributed by atoms with Crippen LogP contribution in [0.3, 0.4) is 0 Å². The first-order valence-corrected chi connectivity index (χ1v) is 30.2. The van der Waals surface area contributed by atoms with Crippen molar-refractivity contribution in [1.29, 1.82) is 0 Å². The van der Waals surface area contributed by atoms with Crippen LogP contribution < -0.4 is 0 Å². The molecule has 0 heterocycles. The molecule has 0 aliphatic heterocycles. The Morgan fingerprint density at radius 2 is 0.712 bits per heavy atom. The number of rotatable bonds is 52. The summed E-state index contributed by atoms with van der Waals surface area (Å²) in [7, 11) is 1.49. The van der Waals surface area contributed by atoms with Crippen LogP contribution in [0.1, 0.15) is 285 Å². The SMILES string of the molecule is CCCCCCCCCCCCC(CCCCCCCCCC)C(=O)OC[C@H](COP(=O)(O)OCC[N+](C)(C)C)OC(=O)C(CCCCCCCCCC)CCCCCCCCCCCC. The Morgan fingerprint density at radius 3 is 1.02 bits per heavy atom. The maximum Gasteiger partial charge on any atom is 0.472 e. The lowest BCUT2D eigenvalue weighted by Gasteiger charge is -2.25. The van der Waals surface area contributed by atoms with E-state index in [1.54, 1.807) is 0 Å². The van der Waals surface area contributed by atoms with E-state index in [4.69, 9.17) is 18.5 Å². The minimum Gasteiger partial charge on any atom is -0.461 e. The van der Waals surface area contributed by atoms with Gasteiger partial charge in [0.15, 0.2) is 6.10 Å². The Labute approximate surface area is 410 Å². The van der Waals surface area contributed by atoms with E-state index in [0.29, 0.717) is 11.0 Å². The molecule has 0 aromatic carbocycles. The molecule has 0 rings (SSSR count). The number of quaternary nitrogens is 1. The molecular weight excluding hydrogens is 846 g/mol. The predicted octanol–water partition coefficient (Wildman–Crippen LogP) is 17.2. The third kappa shape index (κ3) is 44.2. The lowest BCUT2D eigenvalue weighted by atomic mass is 9.94. The van der Waals surface area contributed by atoms with Crippen LogP contribution in [0, 0.1) is 11.8 Å². The van der Waals surface area contributed by atoms with Crippen LogP contribution in [0.4, 0.5) is 0 Å². The highest BCUT2D eigenvalue weighted by atomic mass is 31.2. The van der Waals surface area contributed by atoms with E-state index in [1.807, 2.05) is 21.1 Å². The molecule has 0 radical (unpaired) electrons. The number of unbranched alkanes of at least 4 members (excludes halogenated alkanes) is 32. The van der Waals surface area contributed by atoms with Gasteiger partial charge in [-0.1, -0.05) is 259 Å². The number of ether oxygens (including phenoxy) is 2. The Morgan fingerprint density at radius 1 is 0.424 bits per heavy atom. The molecule has 0 saturated heterocycles. The van der Waals surface area contributed by atoms with Crippen LogP contribution in [0.5, 0.6) is 0 Å². The molecule has 10 heteroatoms. The van der Waals surface area contributed by atoms with Gasteiger partial charge in [0, 0.05) is 0 Å². The van der Waals surface area contributed by atoms with Crippen molar-refractivity contribution in [1.82, 2.24) is 0 Å². The number of nitrogens with zero attached hydrogens (tertiary/aromatic N) is 1. The molecule has 66 heavy (non-hydrogen) atoms. The lowest BCUT2D eigenvalue weighted by Crippen LogP contribution is -2.37. The van der Waals surface area contributed by atoms with E-state index in [1.165, 1.54) is 180 Å². The van der Waals surface area contributed by atoms with Gasteiger partial charge in [0.05, 0.1) is 39.6 Å². The van der Waals surface area contributed by atoms with Crippen LogP contribution in [-0.4, -0.2) is 74.9 Å². The van der Waals surface area contributed by atoms with Crippen molar-refractivity contribution in [3.05, 3.63) is 0 Å². The molecule has 0 aromatic rings. The van der Waals surface area contributed by atoms with Crippen LogP contribution in [0.2, 0.25) is 0 Å². The quantitative estimate of drug-likeness (QED) is 0.0278. The number of carbonyl (C=O) groups is 2. The average Bonchev–Trinajstić information content (AvgIpc) is 3.28. The van der Waals surface area contributed by atoms with Gasteiger partial charge in [-0.05, 0) is 25.7 Å². The molecule has 0 aliphatic rings. The number of hydrogen-bond acceptors (Lipinski definition) is 7. The van der Waals surface area contributed by atoms with E-state index in [9.17, 15) is 19.0 Å². The number of esters is 2. The van der Waals surface area contributed by atoms with Gasteiger partial charge < -0.3 is 18.9 Å². The maximum absolute atomic E-state index is 14.1. The monoisotopic (exact) mass is 959 g/mol. The number of phosphoric ester groups is 1. The Balaban J connectivity index is 5.80. The largest absolute Gasteiger partial charge is 0.472 e. The number of hydrogen-bond donors (Lipinski definition) is 1. The lowest BCUT2D eigenvalue weighted by molar-refractivity contribution is -0.870. The molecule has 0 spiro atoms. The summed E-state index contributed by atoms with van der Waals surface area (Å²) < 4.78 is 36.6. The fourth-order valence-electron chi connectivity index (χ4n) is 8.88. The van der Waals surface area contributed by atoms with Crippen LogP contribution in [-0.2, 0) is 32.7 Å². The highest BCUT2D eigenvalue weighted by molar-refractivity contribution is 7.47. The smallest absolute Gasteiger partial charge is 0.461 e. The third-order valence-corrected chi connectivity index (χ3v) is 14.4. The molecule has 0 bridgehead atoms. The van der Waals surface area contributed by atoms with Gasteiger partial charge in [-0.15, -0.1) is 0 Å². The molecule has 0 fully saturated rings. The molecule has 0 saturated carbocycles. The van der Waals surface area contributed by atoms with Gasteiger partial charge >= 0.3 is 19.8 Å². The molecule has 0 aromatic heterocycles. The fourth-order valence-corrected chi connectivity index (χ4v) is 9.62. The normalized spacial score (nSPS) is 14.2. The first kappa shape index (κ1) is 65.0. The molecule has 4 atom stereocenters. The van der Waals surface area contributed by atoms with Crippen LogP contribution >= 0.6 is 7.82 Å². The van der Waals surface area contributed by atoms with Crippen LogP contribution in [0.25, 0.3) is 0 Å². The highest BCUT2D eigenvalue weighted by Crippen LogP contribution is 2.43. The molecular formula is C56H113NO8P+. The fraction of sp³-hybridized carbons (Fsp3) is 0.964. The summed E-state index contributed by atoms with van der Waals surface area (Å²) in [5.41, 5.74) is 0. The van der Waals surface area contributed by atoms with Crippen molar-refractivity contribution in [3.8, 4) is 0 Å². The van der Waals surface area contributed by atoms with E-state index < -0.39 is 13.9 Å². The van der Waals surface area contributed by atoms with Crippen molar-refractivity contribution in [3.63, 3.8) is 0 Å². The predicted molar refractivity (Wildman–Crippen MR) is 280 cm³/mol. The average molecular weight is 959 g/mol. The molecule has 394 valence electrons. The van der Waals surface area contributed by atoms with E-state index >= 15 is 0 Å². The minimum absolute atomic E-state index is 0.0373. The van der Waals surface area contributed by atoms with Crippen molar-refractivity contribution in [2.75, 3.05) is 47.5 Å². The molecule has 3 unspecified atom stereocenters. The molecule has 0 aliphatic carbocycles. The second kappa shape index (κ2) is 46.4. The summed E-state index contributed by atoms with van der Waals surface area (Å²) in [6.07, 6.45) is 46.1. The van der Waals surface area contributed by atoms with E-state index in [-0.39, 0.29) is 43.6 Å². The van der Waals surface area contributed by atoms with Gasteiger partial charge in [-0.2, -0.15) is 0 Å². The highest BCUT2D eigenvalue weighted by Gasteiger charge is 2.30. The van der Waals surface area contributed by atoms with Crippen molar-refractivity contribution in [2.24, 2.45) is 11.8 Å². The van der Waals surface area contributed by atoms with E-state index in [2.05, 4.69) is 27.7 Å². The molecule has 0 amide bonds. The summed E-state index contributed by atoms with van der Waals surface area (Å²) in [6, 6.07) is 0. The van der Waals surface area contributed by atoms with Gasteiger partial charge in [0.2, 0.25) is 0 Å². The zero-order valence-corrected chi connectivity index (χ0v) is 45.9. The van der Waals surface area contributed by atoms with Crippen molar-refractivity contribution < 1.29 is 42.1 Å². The number of likely N-dealkylation sites (N-methyl/N-ethyl adjacent to an activating group) is 1. The van der Waals surface area contributed by atoms with Gasteiger partial charge in [0.25, 0.3) is 0 Å². The third-order valence-electron chi connectivity index (χ3n) is 13.4. The topological polar surface area (TPSA) is 108 Å². The first-order valence-electron chi connectivity index (χ1n) is 28.7. The zero-order chi connectivity index (χ0) is 48.8. The Hall–Kier alpha value is -0.990. The zero-order valence-electron chi connectivity index (χ0n) is 45.0. The molecule has 9 nitrogen and oxygen atoms in total. The Bertz CT molecular complexity index is 1120. The summed E-state index contributed by atoms with van der Waals surface area (Å²) in [5, 5.41) is 0. The van der Waals surface area contributed by atoms with E-state index in [0.717, 1.165) is 77.0 Å². The summed E-state index contributed by atoms with van der Waals surface area (Å²) in [6.45, 7) is 8.96. The second-order valence-electron chi connectivity index (χ2n) is 21.2. The first-order chi connectivity index (χ1) is 31.9. The maximum atomic E-state index is 14.1. The summed E-state index contributed by atoms with van der Waals surface area (Å²) in [4.78, 5) is 38.6. The van der Waals surface area contributed by atoms with Gasteiger partial charge in [-0.3, -0.25) is 18.6 Å². The molecule has 1 N–H and O–H groups in total. The van der Waals surface area contributed by atoms with Gasteiger partial charge in [0.1, 0.15) is 19.8 Å². The number of carbonyl (C=O) groups excluding carboxylic acids is 2. The van der Waals surface area contributed by atoms with Crippen molar-refractivity contribution in [2.45, 2.75) is 291 Å². The van der Waals surface area contributed by atoms with Gasteiger partial charge in [-0.25, -0.2) is 4.57 Å². The van der Waals surface area contributed by atoms with Crippen molar-refractivity contribution >= 4 is 19.8 Å². The second-order valence-corrected chi connectivity index (χ2v) is 22.6. The van der Waals surface area contributed by atoms with Crippen LogP contribution in [0.15, 0.2) is 0 Å². The minimum atomic E-state index is -4.45.